The number of likely N-dealkylation sites (tertiary alicyclic amines) is 1. The van der Waals surface area contributed by atoms with Crippen molar-refractivity contribution >= 4 is 23.7 Å². The predicted octanol–water partition coefficient (Wildman–Crippen LogP) is 0.668. The molecule has 1 aliphatic heterocycles. The molecule has 0 bridgehead atoms. The summed E-state index contributed by atoms with van der Waals surface area (Å²) in [5, 5.41) is 14.7. The lowest BCUT2D eigenvalue weighted by Crippen LogP contribution is -2.57. The van der Waals surface area contributed by atoms with Crippen molar-refractivity contribution in [3.05, 3.63) is 35.9 Å². The predicted molar refractivity (Wildman–Crippen MR) is 119 cm³/mol. The molecule has 0 spiro atoms. The molecule has 2 rings (SSSR count). The molecule has 0 radical (unpaired) electrons. The van der Waals surface area contributed by atoms with Crippen molar-refractivity contribution < 1.29 is 24.3 Å². The van der Waals surface area contributed by atoms with Crippen molar-refractivity contribution in [3.63, 3.8) is 0 Å². The number of nitrogens with two attached hydrogens (primary N) is 1. The van der Waals surface area contributed by atoms with Gasteiger partial charge in [0.15, 0.2) is 0 Å². The Bertz CT molecular complexity index is 816. The van der Waals surface area contributed by atoms with Crippen molar-refractivity contribution in [1.82, 2.24) is 15.5 Å². The van der Waals surface area contributed by atoms with E-state index in [9.17, 15) is 24.3 Å². The van der Waals surface area contributed by atoms with Crippen LogP contribution >= 0.6 is 0 Å². The molecule has 9 heteroatoms. The molecule has 1 aliphatic rings. The third-order valence-electron chi connectivity index (χ3n) is 6.03. The number of hydrogen-bond acceptors (Lipinski definition) is 5. The zero-order valence-corrected chi connectivity index (χ0v) is 18.9. The maximum atomic E-state index is 13.0. The summed E-state index contributed by atoms with van der Waals surface area (Å²) in [4.78, 5) is 51.1. The first-order chi connectivity index (χ1) is 15.1. The van der Waals surface area contributed by atoms with Gasteiger partial charge in [0.2, 0.25) is 17.7 Å². The van der Waals surface area contributed by atoms with Crippen molar-refractivity contribution in [2.75, 3.05) is 6.54 Å². The number of carbonyl (C=O) groups excluding carboxylic acids is 3. The van der Waals surface area contributed by atoms with Gasteiger partial charge in [-0.25, -0.2) is 4.79 Å². The van der Waals surface area contributed by atoms with E-state index in [0.717, 1.165) is 12.0 Å². The summed E-state index contributed by atoms with van der Waals surface area (Å²) in [5.74, 6) is -2.52. The van der Waals surface area contributed by atoms with Gasteiger partial charge in [-0.05, 0) is 31.2 Å². The van der Waals surface area contributed by atoms with Gasteiger partial charge < -0.3 is 26.4 Å². The smallest absolute Gasteiger partial charge is 0.326 e. The summed E-state index contributed by atoms with van der Waals surface area (Å²) in [5.41, 5.74) is 6.87. The molecule has 9 nitrogen and oxygen atoms in total. The van der Waals surface area contributed by atoms with Crippen LogP contribution in [0.4, 0.5) is 0 Å². The summed E-state index contributed by atoms with van der Waals surface area (Å²) < 4.78 is 0. The zero-order valence-electron chi connectivity index (χ0n) is 18.9. The first-order valence-corrected chi connectivity index (χ1v) is 11.1. The average Bonchev–Trinajstić information content (AvgIpc) is 3.27. The Morgan fingerprint density at radius 1 is 1.12 bits per heavy atom. The van der Waals surface area contributed by atoms with Crippen molar-refractivity contribution in [1.29, 1.82) is 0 Å². The van der Waals surface area contributed by atoms with Crippen LogP contribution in [0.3, 0.4) is 0 Å². The van der Waals surface area contributed by atoms with Crippen LogP contribution in [0.5, 0.6) is 0 Å². The van der Waals surface area contributed by atoms with Crippen molar-refractivity contribution in [2.24, 2.45) is 11.7 Å². The topological polar surface area (TPSA) is 142 Å². The number of carboxylic acid groups (broad SMARTS) is 1. The number of aliphatic carboxylic acids is 1. The van der Waals surface area contributed by atoms with Crippen LogP contribution in [-0.4, -0.2) is 64.4 Å². The number of nitrogens with one attached hydrogen (secondary N) is 2. The second-order valence-corrected chi connectivity index (χ2v) is 8.42. The number of benzene rings is 1. The van der Waals surface area contributed by atoms with Crippen LogP contribution in [0.1, 0.15) is 45.6 Å². The fraction of sp³-hybridized carbons (Fsp3) is 0.565. The molecule has 1 heterocycles. The Labute approximate surface area is 188 Å². The molecule has 0 saturated carbocycles. The van der Waals surface area contributed by atoms with Gasteiger partial charge in [0.25, 0.3) is 0 Å². The molecule has 176 valence electrons. The highest BCUT2D eigenvalue weighted by molar-refractivity contribution is 5.94. The van der Waals surface area contributed by atoms with Crippen LogP contribution in [0, 0.1) is 5.92 Å². The zero-order chi connectivity index (χ0) is 23.8. The van der Waals surface area contributed by atoms with Gasteiger partial charge in [-0.15, -0.1) is 0 Å². The molecule has 3 amide bonds. The Morgan fingerprint density at radius 3 is 2.38 bits per heavy atom. The Morgan fingerprint density at radius 2 is 1.78 bits per heavy atom. The quantitative estimate of drug-likeness (QED) is 0.416. The number of nitrogens with zero attached hydrogens (tertiary/aromatic N) is 1. The van der Waals surface area contributed by atoms with Crippen LogP contribution < -0.4 is 16.4 Å². The highest BCUT2D eigenvalue weighted by Gasteiger charge is 2.37. The molecular formula is C23H34N4O5. The van der Waals surface area contributed by atoms with E-state index in [4.69, 9.17) is 5.73 Å². The number of carboxylic acids is 1. The van der Waals surface area contributed by atoms with Gasteiger partial charge in [0.05, 0.1) is 6.04 Å². The van der Waals surface area contributed by atoms with E-state index in [1.54, 1.807) is 0 Å². The number of carbonyl (C=O) groups is 4. The second-order valence-electron chi connectivity index (χ2n) is 8.42. The van der Waals surface area contributed by atoms with Crippen molar-refractivity contribution in [2.45, 2.75) is 70.6 Å². The lowest BCUT2D eigenvalue weighted by atomic mass is 9.98. The van der Waals surface area contributed by atoms with E-state index < -0.39 is 47.9 Å². The van der Waals surface area contributed by atoms with Gasteiger partial charge in [0.1, 0.15) is 18.1 Å². The fourth-order valence-electron chi connectivity index (χ4n) is 3.75. The van der Waals surface area contributed by atoms with Gasteiger partial charge in [0, 0.05) is 13.0 Å². The molecule has 0 aromatic heterocycles. The second kappa shape index (κ2) is 11.6. The van der Waals surface area contributed by atoms with Crippen LogP contribution in [0.15, 0.2) is 30.3 Å². The van der Waals surface area contributed by atoms with Crippen LogP contribution in [0.25, 0.3) is 0 Å². The highest BCUT2D eigenvalue weighted by atomic mass is 16.4. The largest absolute Gasteiger partial charge is 0.480 e. The molecule has 5 N–H and O–H groups in total. The normalized spacial score (nSPS) is 19.5. The summed E-state index contributed by atoms with van der Waals surface area (Å²) in [6, 6.07) is 5.72. The van der Waals surface area contributed by atoms with Gasteiger partial charge in [-0.1, -0.05) is 50.6 Å². The van der Waals surface area contributed by atoms with E-state index in [0.29, 0.717) is 19.4 Å². The molecule has 1 aromatic carbocycles. The molecule has 1 aromatic rings. The van der Waals surface area contributed by atoms with Crippen LogP contribution in [0.2, 0.25) is 0 Å². The molecule has 0 aliphatic carbocycles. The minimum Gasteiger partial charge on any atom is -0.480 e. The van der Waals surface area contributed by atoms with Gasteiger partial charge in [-0.2, -0.15) is 0 Å². The molecule has 32 heavy (non-hydrogen) atoms. The summed E-state index contributed by atoms with van der Waals surface area (Å²) >= 11 is 0. The summed E-state index contributed by atoms with van der Waals surface area (Å²) in [6.45, 7) is 5.65. The first kappa shape index (κ1) is 25.3. The molecule has 1 saturated heterocycles. The fourth-order valence-corrected chi connectivity index (χ4v) is 3.75. The maximum absolute atomic E-state index is 13.0. The lowest BCUT2D eigenvalue weighted by Gasteiger charge is -2.27. The minimum absolute atomic E-state index is 0.0564. The Hall–Kier alpha value is -2.94. The molecule has 5 atom stereocenters. The number of hydrogen-bond donors (Lipinski definition) is 4. The maximum Gasteiger partial charge on any atom is 0.326 e. The molecular weight excluding hydrogens is 412 g/mol. The first-order valence-electron chi connectivity index (χ1n) is 11.1. The third kappa shape index (κ3) is 6.53. The summed E-state index contributed by atoms with van der Waals surface area (Å²) in [7, 11) is 0. The molecule has 1 fully saturated rings. The van der Waals surface area contributed by atoms with E-state index in [1.165, 1.54) is 11.8 Å². The van der Waals surface area contributed by atoms with E-state index in [1.807, 2.05) is 44.2 Å². The van der Waals surface area contributed by atoms with E-state index in [2.05, 4.69) is 10.6 Å². The molecule has 5 unspecified atom stereocenters. The monoisotopic (exact) mass is 446 g/mol. The minimum atomic E-state index is -1.05. The Kier molecular flexibility index (Phi) is 9.19. The van der Waals surface area contributed by atoms with E-state index in [-0.39, 0.29) is 12.3 Å². The lowest BCUT2D eigenvalue weighted by molar-refractivity contribution is -0.149. The van der Waals surface area contributed by atoms with Crippen LogP contribution in [-0.2, 0) is 25.6 Å². The summed E-state index contributed by atoms with van der Waals surface area (Å²) in [6.07, 6.45) is 1.94. The van der Waals surface area contributed by atoms with Crippen molar-refractivity contribution in [3.8, 4) is 0 Å². The van der Waals surface area contributed by atoms with Gasteiger partial charge >= 0.3 is 5.97 Å². The third-order valence-corrected chi connectivity index (χ3v) is 6.03. The Balaban J connectivity index is 2.11. The number of amides is 3. The highest BCUT2D eigenvalue weighted by Crippen LogP contribution is 2.18. The standard InChI is InChI=1S/C23H34N4O5/c1-4-14(2)19(24)21(29)26-17(13-16-9-6-5-7-10-16)20(28)25-15(3)22(30)27-12-8-11-18(27)23(31)32/h5-7,9-10,14-15,17-19H,4,8,11-13,24H2,1-3H3,(H,25,28)(H,26,29)(H,31,32). The average molecular weight is 447 g/mol. The van der Waals surface area contributed by atoms with E-state index >= 15 is 0 Å². The van der Waals surface area contributed by atoms with Gasteiger partial charge in [-0.3, -0.25) is 14.4 Å². The SMILES string of the molecule is CCC(C)C(N)C(=O)NC(Cc1ccccc1)C(=O)NC(C)C(=O)N1CCCC1C(=O)O. The number of rotatable bonds is 10.